The molecule has 1 aromatic rings. The summed E-state index contributed by atoms with van der Waals surface area (Å²) in [6.45, 7) is 0. The predicted octanol–water partition coefficient (Wildman–Crippen LogP) is 3.00. The van der Waals surface area contributed by atoms with Gasteiger partial charge in [-0.3, -0.25) is 0 Å². The third-order valence-corrected chi connectivity index (χ3v) is 1.99. The van der Waals surface area contributed by atoms with Crippen LogP contribution in [-0.4, -0.2) is 13.1 Å². The zero-order valence-corrected chi connectivity index (χ0v) is 9.07. The molecule has 0 unspecified atom stereocenters. The number of carbonyl (C=O) groups is 1. The number of halogens is 1. The summed E-state index contributed by atoms with van der Waals surface area (Å²) in [5.41, 5.74) is 1.04. The fraction of sp³-hybridized carbons (Fsp3) is 0.0833. The van der Waals surface area contributed by atoms with Gasteiger partial charge in [-0.05, 0) is 11.6 Å². The maximum Gasteiger partial charge on any atom is 0.349 e. The van der Waals surface area contributed by atoms with Crippen molar-refractivity contribution in [1.29, 1.82) is 0 Å². The first-order chi connectivity index (χ1) is 7.24. The van der Waals surface area contributed by atoms with Gasteiger partial charge in [-0.1, -0.05) is 54.1 Å². The smallest absolute Gasteiger partial charge is 0.349 e. The van der Waals surface area contributed by atoms with Crippen LogP contribution in [0.25, 0.3) is 6.08 Å². The van der Waals surface area contributed by atoms with Crippen molar-refractivity contribution < 1.29 is 9.53 Å². The van der Waals surface area contributed by atoms with Crippen LogP contribution in [0.3, 0.4) is 0 Å². The van der Waals surface area contributed by atoms with Gasteiger partial charge in [-0.25, -0.2) is 4.79 Å². The molecule has 1 aromatic carbocycles. The predicted molar refractivity (Wildman–Crippen MR) is 61.4 cm³/mol. The summed E-state index contributed by atoms with van der Waals surface area (Å²) in [7, 11) is 1.29. The topological polar surface area (TPSA) is 26.3 Å². The molecule has 0 aliphatic rings. The highest BCUT2D eigenvalue weighted by atomic mass is 35.5. The van der Waals surface area contributed by atoms with E-state index in [4.69, 9.17) is 11.6 Å². The molecule has 0 atom stereocenters. The van der Waals surface area contributed by atoms with Gasteiger partial charge >= 0.3 is 5.97 Å². The van der Waals surface area contributed by atoms with E-state index >= 15 is 0 Å². The molecular weight excluding hydrogens is 212 g/mol. The van der Waals surface area contributed by atoms with Crippen molar-refractivity contribution in [3.63, 3.8) is 0 Å². The maximum atomic E-state index is 10.9. The average molecular weight is 223 g/mol. The Hall–Kier alpha value is -1.54. The summed E-state index contributed by atoms with van der Waals surface area (Å²) < 4.78 is 4.44. The Morgan fingerprint density at radius 3 is 2.60 bits per heavy atom. The lowest BCUT2D eigenvalue weighted by atomic mass is 10.2. The third kappa shape index (κ3) is 4.00. The summed E-state index contributed by atoms with van der Waals surface area (Å²) in [6.07, 6.45) is 5.06. The van der Waals surface area contributed by atoms with Crippen LogP contribution in [-0.2, 0) is 9.53 Å². The number of carbonyl (C=O) groups excluding carboxylic acids is 1. The molecule has 0 fully saturated rings. The lowest BCUT2D eigenvalue weighted by Crippen LogP contribution is -1.98. The zero-order chi connectivity index (χ0) is 11.1. The quantitative estimate of drug-likeness (QED) is 0.447. The number of methoxy groups -OCH3 is 1. The van der Waals surface area contributed by atoms with Gasteiger partial charge in [-0.2, -0.15) is 0 Å². The molecule has 0 saturated heterocycles. The molecule has 0 aliphatic heterocycles. The van der Waals surface area contributed by atoms with Crippen molar-refractivity contribution in [2.24, 2.45) is 0 Å². The van der Waals surface area contributed by atoms with Crippen LogP contribution in [0.2, 0.25) is 0 Å². The summed E-state index contributed by atoms with van der Waals surface area (Å²) in [6, 6.07) is 9.72. The van der Waals surface area contributed by atoms with Crippen LogP contribution in [0.5, 0.6) is 0 Å². The van der Waals surface area contributed by atoms with Crippen molar-refractivity contribution >= 4 is 23.6 Å². The van der Waals surface area contributed by atoms with E-state index in [1.54, 1.807) is 6.08 Å². The van der Waals surface area contributed by atoms with Crippen LogP contribution < -0.4 is 0 Å². The second kappa shape index (κ2) is 6.04. The Labute approximate surface area is 93.8 Å². The molecular formula is C12H11ClO2. The molecule has 0 aliphatic carbocycles. The molecule has 78 valence electrons. The van der Waals surface area contributed by atoms with Crippen molar-refractivity contribution in [3.05, 3.63) is 53.1 Å². The van der Waals surface area contributed by atoms with Gasteiger partial charge in [0.15, 0.2) is 0 Å². The molecule has 3 heteroatoms. The van der Waals surface area contributed by atoms with Crippen molar-refractivity contribution in [2.45, 2.75) is 0 Å². The Morgan fingerprint density at radius 1 is 1.33 bits per heavy atom. The Bertz CT molecular complexity index is 380. The van der Waals surface area contributed by atoms with Crippen molar-refractivity contribution in [1.82, 2.24) is 0 Å². The number of rotatable bonds is 3. The largest absolute Gasteiger partial charge is 0.465 e. The molecule has 0 radical (unpaired) electrons. The minimum absolute atomic E-state index is 0.0599. The molecule has 0 N–H and O–H groups in total. The summed E-state index contributed by atoms with van der Waals surface area (Å²) >= 11 is 5.63. The van der Waals surface area contributed by atoms with Gasteiger partial charge in [0.2, 0.25) is 0 Å². The number of esters is 1. The summed E-state index contributed by atoms with van der Waals surface area (Å²) in [4.78, 5) is 10.9. The number of hydrogen-bond donors (Lipinski definition) is 0. The van der Waals surface area contributed by atoms with E-state index in [2.05, 4.69) is 4.74 Å². The summed E-state index contributed by atoms with van der Waals surface area (Å²) in [5.74, 6) is -0.533. The average Bonchev–Trinajstić information content (AvgIpc) is 2.29. The standard InChI is InChI=1S/C12H11ClO2/c1-15-12(14)11(13)9-5-8-10-6-3-2-4-7-10/h2-9H,1H3/b8-5-,11-9-. The highest BCUT2D eigenvalue weighted by Gasteiger charge is 2.02. The van der Waals surface area contributed by atoms with E-state index in [0.717, 1.165) is 5.56 Å². The van der Waals surface area contributed by atoms with E-state index in [-0.39, 0.29) is 5.03 Å². The highest BCUT2D eigenvalue weighted by Crippen LogP contribution is 2.06. The third-order valence-electron chi connectivity index (χ3n) is 1.71. The van der Waals surface area contributed by atoms with Crippen LogP contribution in [0.4, 0.5) is 0 Å². The molecule has 0 spiro atoms. The minimum Gasteiger partial charge on any atom is -0.465 e. The van der Waals surface area contributed by atoms with Gasteiger partial charge in [0.05, 0.1) is 7.11 Å². The lowest BCUT2D eigenvalue weighted by Gasteiger charge is -1.93. The zero-order valence-electron chi connectivity index (χ0n) is 8.31. The first-order valence-corrected chi connectivity index (χ1v) is 4.79. The normalized spacial score (nSPS) is 11.7. The van der Waals surface area contributed by atoms with E-state index in [0.29, 0.717) is 0 Å². The van der Waals surface area contributed by atoms with Gasteiger partial charge in [0.25, 0.3) is 0 Å². The van der Waals surface area contributed by atoms with Crippen molar-refractivity contribution in [3.8, 4) is 0 Å². The second-order valence-corrected chi connectivity index (χ2v) is 3.18. The fourth-order valence-corrected chi connectivity index (χ4v) is 1.12. The van der Waals surface area contributed by atoms with E-state index < -0.39 is 5.97 Å². The van der Waals surface area contributed by atoms with Gasteiger partial charge in [-0.15, -0.1) is 0 Å². The lowest BCUT2D eigenvalue weighted by molar-refractivity contribution is -0.135. The van der Waals surface area contributed by atoms with Crippen LogP contribution in [0.15, 0.2) is 47.5 Å². The van der Waals surface area contributed by atoms with Crippen LogP contribution in [0.1, 0.15) is 5.56 Å². The van der Waals surface area contributed by atoms with E-state index in [1.807, 2.05) is 36.4 Å². The fourth-order valence-electron chi connectivity index (χ4n) is 0.973. The number of benzene rings is 1. The van der Waals surface area contributed by atoms with Gasteiger partial charge in [0, 0.05) is 0 Å². The molecule has 0 bridgehead atoms. The number of hydrogen-bond acceptors (Lipinski definition) is 2. The Balaban J connectivity index is 2.64. The number of ether oxygens (including phenoxy) is 1. The molecule has 1 rings (SSSR count). The monoisotopic (exact) mass is 222 g/mol. The molecule has 0 amide bonds. The molecule has 2 nitrogen and oxygen atoms in total. The second-order valence-electron chi connectivity index (χ2n) is 2.78. The molecule has 0 aromatic heterocycles. The first-order valence-electron chi connectivity index (χ1n) is 4.41. The van der Waals surface area contributed by atoms with Crippen LogP contribution in [0, 0.1) is 0 Å². The molecule has 0 saturated carbocycles. The van der Waals surface area contributed by atoms with Gasteiger partial charge in [0.1, 0.15) is 5.03 Å². The minimum atomic E-state index is -0.533. The SMILES string of the molecule is COC(=O)/C(Cl)=C/C=C\c1ccccc1. The van der Waals surface area contributed by atoms with E-state index in [9.17, 15) is 4.79 Å². The molecule has 0 heterocycles. The highest BCUT2D eigenvalue weighted by molar-refractivity contribution is 6.41. The van der Waals surface area contributed by atoms with Crippen molar-refractivity contribution in [2.75, 3.05) is 7.11 Å². The summed E-state index contributed by atoms with van der Waals surface area (Å²) in [5, 5.41) is 0.0599. The van der Waals surface area contributed by atoms with Gasteiger partial charge < -0.3 is 4.74 Å². The maximum absolute atomic E-state index is 10.9. The Morgan fingerprint density at radius 2 is 2.00 bits per heavy atom. The number of allylic oxidation sites excluding steroid dienone is 2. The van der Waals surface area contributed by atoms with E-state index in [1.165, 1.54) is 13.2 Å². The van der Waals surface area contributed by atoms with Crippen LogP contribution >= 0.6 is 11.6 Å². The molecule has 15 heavy (non-hydrogen) atoms. The first kappa shape index (κ1) is 11.5. The Kier molecular flexibility index (Phi) is 4.64.